The fraction of sp³-hybridized carbons (Fsp3) is 0.111. The van der Waals surface area contributed by atoms with Gasteiger partial charge in [-0.25, -0.2) is 9.59 Å². The normalized spacial score (nSPS) is 11.7. The highest BCUT2D eigenvalue weighted by atomic mass is 32.2. The molecule has 80 valence electrons. The number of ether oxygens (including phenoxy) is 1. The van der Waals surface area contributed by atoms with Crippen LogP contribution in [0.2, 0.25) is 0 Å². The molecule has 0 saturated carbocycles. The molecule has 0 aliphatic rings. The molecule has 0 aliphatic heterocycles. The van der Waals surface area contributed by atoms with Crippen molar-refractivity contribution in [2.45, 2.75) is 10.3 Å². The van der Waals surface area contributed by atoms with Crippen LogP contribution in [0.15, 0.2) is 35.2 Å². The van der Waals surface area contributed by atoms with Crippen molar-refractivity contribution in [1.82, 2.24) is 0 Å². The van der Waals surface area contributed by atoms with Crippen molar-refractivity contribution in [3.8, 4) is 0 Å². The summed E-state index contributed by atoms with van der Waals surface area (Å²) >= 11 is 0.823. The lowest BCUT2D eigenvalue weighted by molar-refractivity contribution is -0.142. The van der Waals surface area contributed by atoms with E-state index in [1.807, 2.05) is 0 Å². The fourth-order valence-electron chi connectivity index (χ4n) is 0.839. The predicted molar refractivity (Wildman–Crippen MR) is 52.8 cm³/mol. The smallest absolute Gasteiger partial charge is 0.478 e. The summed E-state index contributed by atoms with van der Waals surface area (Å²) in [5.74, 6) is -1.33. The molecule has 1 rings (SSSR count). The molecular formula is C9H8O5S. The van der Waals surface area contributed by atoms with E-state index in [9.17, 15) is 9.59 Å². The highest BCUT2D eigenvalue weighted by Crippen LogP contribution is 2.23. The summed E-state index contributed by atoms with van der Waals surface area (Å²) in [5, 5.41) is 17.0. The first-order valence-electron chi connectivity index (χ1n) is 3.93. The number of benzene rings is 1. The third-order valence-corrected chi connectivity index (χ3v) is 2.45. The number of aliphatic carboxylic acids is 1. The van der Waals surface area contributed by atoms with Gasteiger partial charge in [-0.05, 0) is 12.1 Å². The molecule has 6 heteroatoms. The molecular weight excluding hydrogens is 220 g/mol. The second-order valence-electron chi connectivity index (χ2n) is 2.48. The third-order valence-electron chi connectivity index (χ3n) is 1.40. The Bertz CT molecular complexity index is 351. The van der Waals surface area contributed by atoms with Crippen molar-refractivity contribution in [2.24, 2.45) is 0 Å². The van der Waals surface area contributed by atoms with E-state index >= 15 is 0 Å². The van der Waals surface area contributed by atoms with Crippen LogP contribution in [-0.2, 0) is 9.53 Å². The van der Waals surface area contributed by atoms with E-state index in [0.29, 0.717) is 4.90 Å². The van der Waals surface area contributed by atoms with Crippen LogP contribution in [0, 0.1) is 0 Å². The summed E-state index contributed by atoms with van der Waals surface area (Å²) in [4.78, 5) is 21.5. The molecule has 1 atom stereocenters. The second kappa shape index (κ2) is 5.26. The van der Waals surface area contributed by atoms with Crippen LogP contribution in [0.25, 0.3) is 0 Å². The Labute approximate surface area is 89.7 Å². The SMILES string of the molecule is O=C(O)OC(Sc1ccccc1)C(=O)O. The molecule has 0 heterocycles. The first-order chi connectivity index (χ1) is 7.09. The van der Waals surface area contributed by atoms with Crippen LogP contribution < -0.4 is 0 Å². The van der Waals surface area contributed by atoms with Crippen LogP contribution in [-0.4, -0.2) is 27.8 Å². The lowest BCUT2D eigenvalue weighted by Gasteiger charge is -2.10. The average Bonchev–Trinajstić information content (AvgIpc) is 2.17. The number of rotatable bonds is 4. The van der Waals surface area contributed by atoms with Gasteiger partial charge in [0.05, 0.1) is 0 Å². The first-order valence-corrected chi connectivity index (χ1v) is 4.81. The molecule has 15 heavy (non-hydrogen) atoms. The van der Waals surface area contributed by atoms with E-state index in [0.717, 1.165) is 11.8 Å². The summed E-state index contributed by atoms with van der Waals surface area (Å²) in [6.45, 7) is 0. The fourth-order valence-corrected chi connectivity index (χ4v) is 1.63. The van der Waals surface area contributed by atoms with Gasteiger partial charge in [0.15, 0.2) is 0 Å². The summed E-state index contributed by atoms with van der Waals surface area (Å²) in [7, 11) is 0. The summed E-state index contributed by atoms with van der Waals surface area (Å²) in [5.41, 5.74) is -1.44. The molecule has 1 unspecified atom stereocenters. The van der Waals surface area contributed by atoms with E-state index < -0.39 is 17.6 Å². The van der Waals surface area contributed by atoms with E-state index in [2.05, 4.69) is 4.74 Å². The number of hydrogen-bond donors (Lipinski definition) is 2. The minimum atomic E-state index is -1.61. The highest BCUT2D eigenvalue weighted by molar-refractivity contribution is 8.00. The molecule has 1 aromatic carbocycles. The maximum atomic E-state index is 10.6. The van der Waals surface area contributed by atoms with Crippen molar-refractivity contribution >= 4 is 23.9 Å². The molecule has 0 aromatic heterocycles. The Morgan fingerprint density at radius 3 is 2.27 bits per heavy atom. The molecule has 0 radical (unpaired) electrons. The first kappa shape index (κ1) is 11.4. The Balaban J connectivity index is 2.67. The van der Waals surface area contributed by atoms with Gasteiger partial charge in [0.1, 0.15) is 0 Å². The molecule has 0 aliphatic carbocycles. The van der Waals surface area contributed by atoms with Gasteiger partial charge in [0, 0.05) is 4.90 Å². The van der Waals surface area contributed by atoms with E-state index in [1.54, 1.807) is 30.3 Å². The number of carboxylic acid groups (broad SMARTS) is 2. The van der Waals surface area contributed by atoms with Gasteiger partial charge in [-0.3, -0.25) is 0 Å². The van der Waals surface area contributed by atoms with Crippen LogP contribution in [0.3, 0.4) is 0 Å². The van der Waals surface area contributed by atoms with Crippen LogP contribution in [0.5, 0.6) is 0 Å². The average molecular weight is 228 g/mol. The van der Waals surface area contributed by atoms with Crippen molar-refractivity contribution in [2.75, 3.05) is 0 Å². The zero-order valence-electron chi connectivity index (χ0n) is 7.49. The van der Waals surface area contributed by atoms with Crippen molar-refractivity contribution in [3.63, 3.8) is 0 Å². The number of carbonyl (C=O) groups is 2. The van der Waals surface area contributed by atoms with Gasteiger partial charge >= 0.3 is 12.1 Å². The predicted octanol–water partition coefficient (Wildman–Crippen LogP) is 1.88. The van der Waals surface area contributed by atoms with E-state index in [4.69, 9.17) is 10.2 Å². The maximum Gasteiger partial charge on any atom is 0.507 e. The van der Waals surface area contributed by atoms with Gasteiger partial charge in [0.2, 0.25) is 0 Å². The minimum Gasteiger partial charge on any atom is -0.478 e. The molecule has 0 bridgehead atoms. The molecule has 0 fully saturated rings. The number of hydrogen-bond acceptors (Lipinski definition) is 4. The minimum absolute atomic E-state index is 0.631. The monoisotopic (exact) mass is 228 g/mol. The summed E-state index contributed by atoms with van der Waals surface area (Å²) in [6, 6.07) is 8.57. The maximum absolute atomic E-state index is 10.6. The largest absolute Gasteiger partial charge is 0.507 e. The Kier molecular flexibility index (Phi) is 3.99. The molecule has 1 aromatic rings. The summed E-state index contributed by atoms with van der Waals surface area (Å²) in [6.07, 6.45) is -1.61. The zero-order valence-corrected chi connectivity index (χ0v) is 8.31. The molecule has 2 N–H and O–H groups in total. The van der Waals surface area contributed by atoms with Gasteiger partial charge < -0.3 is 14.9 Å². The van der Waals surface area contributed by atoms with Crippen LogP contribution in [0.4, 0.5) is 4.79 Å². The highest BCUT2D eigenvalue weighted by Gasteiger charge is 2.23. The number of thioether (sulfide) groups is 1. The Morgan fingerprint density at radius 1 is 1.20 bits per heavy atom. The lowest BCUT2D eigenvalue weighted by atomic mass is 10.4. The van der Waals surface area contributed by atoms with Crippen molar-refractivity contribution < 1.29 is 24.5 Å². The lowest BCUT2D eigenvalue weighted by Crippen LogP contribution is -2.22. The van der Waals surface area contributed by atoms with Gasteiger partial charge in [-0.15, -0.1) is 0 Å². The van der Waals surface area contributed by atoms with Gasteiger partial charge in [0.25, 0.3) is 5.44 Å². The molecule has 5 nitrogen and oxygen atoms in total. The van der Waals surface area contributed by atoms with E-state index in [1.165, 1.54) is 0 Å². The topological polar surface area (TPSA) is 83.8 Å². The Morgan fingerprint density at radius 2 is 1.80 bits per heavy atom. The van der Waals surface area contributed by atoms with Crippen molar-refractivity contribution in [3.05, 3.63) is 30.3 Å². The van der Waals surface area contributed by atoms with Crippen LogP contribution >= 0.6 is 11.8 Å². The van der Waals surface area contributed by atoms with Gasteiger partial charge in [-0.1, -0.05) is 30.0 Å². The van der Waals surface area contributed by atoms with Crippen molar-refractivity contribution in [1.29, 1.82) is 0 Å². The zero-order chi connectivity index (χ0) is 11.3. The molecule has 0 spiro atoms. The second-order valence-corrected chi connectivity index (χ2v) is 3.62. The Hall–Kier alpha value is -1.69. The standard InChI is InChI=1S/C9H8O5S/c10-7(11)8(14-9(12)13)15-6-4-2-1-3-5-6/h1-5,8H,(H,10,11)(H,12,13). The van der Waals surface area contributed by atoms with Gasteiger partial charge in [-0.2, -0.15) is 0 Å². The van der Waals surface area contributed by atoms with Crippen LogP contribution in [0.1, 0.15) is 0 Å². The summed E-state index contributed by atoms with van der Waals surface area (Å²) < 4.78 is 4.20. The third kappa shape index (κ3) is 3.90. The quantitative estimate of drug-likeness (QED) is 0.465. The molecule has 0 saturated heterocycles. The molecule has 0 amide bonds. The van der Waals surface area contributed by atoms with E-state index in [-0.39, 0.29) is 0 Å². The number of carboxylic acids is 1.